The molecule has 6 heteroatoms. The Labute approximate surface area is 120 Å². The molecule has 0 heterocycles. The Bertz CT molecular complexity index is 679. The first kappa shape index (κ1) is 14.5. The number of hydrogen-bond donors (Lipinski definition) is 1. The SMILES string of the molecule is Cc1ccc(COc2ccc([N+](=O)[O-])c(C(=O)O)c2)cc1. The second kappa shape index (κ2) is 6.04. The Hall–Kier alpha value is -2.89. The lowest BCUT2D eigenvalue weighted by Gasteiger charge is -2.07. The Morgan fingerprint density at radius 1 is 1.24 bits per heavy atom. The minimum Gasteiger partial charge on any atom is -0.489 e. The summed E-state index contributed by atoms with van der Waals surface area (Å²) in [5, 5.41) is 19.7. The number of nitrogens with zero attached hydrogens (tertiary/aromatic N) is 1. The molecule has 2 aromatic rings. The van der Waals surface area contributed by atoms with E-state index >= 15 is 0 Å². The van der Waals surface area contributed by atoms with Crippen LogP contribution in [-0.4, -0.2) is 16.0 Å². The molecule has 0 radical (unpaired) electrons. The standard InChI is InChI=1S/C15H13NO5/c1-10-2-4-11(5-3-10)9-21-12-6-7-14(16(19)20)13(8-12)15(17)18/h2-8H,9H2,1H3,(H,17,18). The number of carboxylic acid groups (broad SMARTS) is 1. The van der Waals surface area contributed by atoms with Crippen molar-refractivity contribution in [2.45, 2.75) is 13.5 Å². The molecule has 0 fully saturated rings. The first-order valence-corrected chi connectivity index (χ1v) is 6.17. The van der Waals surface area contributed by atoms with E-state index in [9.17, 15) is 14.9 Å². The predicted octanol–water partition coefficient (Wildman–Crippen LogP) is 3.18. The van der Waals surface area contributed by atoms with Gasteiger partial charge in [0.05, 0.1) is 4.92 Å². The highest BCUT2D eigenvalue weighted by atomic mass is 16.6. The molecule has 0 aliphatic carbocycles. The van der Waals surface area contributed by atoms with Gasteiger partial charge in [-0.25, -0.2) is 4.79 Å². The fourth-order valence-corrected chi connectivity index (χ4v) is 1.79. The van der Waals surface area contributed by atoms with Crippen molar-refractivity contribution in [1.29, 1.82) is 0 Å². The molecular formula is C15H13NO5. The van der Waals surface area contributed by atoms with E-state index in [0.717, 1.165) is 23.3 Å². The van der Waals surface area contributed by atoms with Crippen LogP contribution < -0.4 is 4.74 Å². The molecule has 0 saturated heterocycles. The van der Waals surface area contributed by atoms with E-state index in [1.807, 2.05) is 31.2 Å². The van der Waals surface area contributed by atoms with Crippen molar-refractivity contribution < 1.29 is 19.6 Å². The minimum absolute atomic E-state index is 0.261. The Morgan fingerprint density at radius 2 is 1.90 bits per heavy atom. The van der Waals surface area contributed by atoms with Crippen LogP contribution >= 0.6 is 0 Å². The van der Waals surface area contributed by atoms with Gasteiger partial charge < -0.3 is 9.84 Å². The van der Waals surface area contributed by atoms with E-state index in [1.54, 1.807) is 0 Å². The van der Waals surface area contributed by atoms with Gasteiger partial charge in [0.2, 0.25) is 0 Å². The van der Waals surface area contributed by atoms with Crippen LogP contribution in [0.3, 0.4) is 0 Å². The Morgan fingerprint density at radius 3 is 2.48 bits per heavy atom. The molecule has 21 heavy (non-hydrogen) atoms. The van der Waals surface area contributed by atoms with E-state index in [2.05, 4.69) is 0 Å². The van der Waals surface area contributed by atoms with Crippen LogP contribution in [0.2, 0.25) is 0 Å². The number of nitro groups is 1. The summed E-state index contributed by atoms with van der Waals surface area (Å²) in [6.45, 7) is 2.23. The third-order valence-corrected chi connectivity index (χ3v) is 2.92. The topological polar surface area (TPSA) is 89.7 Å². The molecule has 1 N–H and O–H groups in total. The van der Waals surface area contributed by atoms with Crippen molar-refractivity contribution in [2.24, 2.45) is 0 Å². The molecule has 0 aliphatic rings. The average molecular weight is 287 g/mol. The highest BCUT2D eigenvalue weighted by Crippen LogP contribution is 2.24. The normalized spacial score (nSPS) is 10.1. The number of aryl methyl sites for hydroxylation is 1. The summed E-state index contributed by atoms with van der Waals surface area (Å²) in [6, 6.07) is 11.4. The maximum absolute atomic E-state index is 11.0. The number of hydrogen-bond acceptors (Lipinski definition) is 4. The maximum Gasteiger partial charge on any atom is 0.342 e. The number of carbonyl (C=O) groups is 1. The van der Waals surface area contributed by atoms with Gasteiger partial charge in [-0.3, -0.25) is 10.1 Å². The molecule has 0 amide bonds. The minimum atomic E-state index is -1.36. The fraction of sp³-hybridized carbons (Fsp3) is 0.133. The molecule has 108 valence electrons. The van der Waals surface area contributed by atoms with Crippen LogP contribution in [-0.2, 0) is 6.61 Å². The zero-order valence-corrected chi connectivity index (χ0v) is 11.3. The smallest absolute Gasteiger partial charge is 0.342 e. The quantitative estimate of drug-likeness (QED) is 0.673. The molecule has 0 spiro atoms. The zero-order valence-electron chi connectivity index (χ0n) is 11.3. The first-order chi connectivity index (χ1) is 9.97. The first-order valence-electron chi connectivity index (χ1n) is 6.17. The van der Waals surface area contributed by atoms with Gasteiger partial charge in [-0.2, -0.15) is 0 Å². The van der Waals surface area contributed by atoms with Gasteiger partial charge in [-0.15, -0.1) is 0 Å². The van der Waals surface area contributed by atoms with Gasteiger partial charge in [0.15, 0.2) is 0 Å². The summed E-state index contributed by atoms with van der Waals surface area (Å²) in [5.41, 5.74) is 1.21. The van der Waals surface area contributed by atoms with Crippen LogP contribution in [0.1, 0.15) is 21.5 Å². The molecule has 2 rings (SSSR count). The Kier molecular flexibility index (Phi) is 4.18. The third-order valence-electron chi connectivity index (χ3n) is 2.92. The number of ether oxygens (including phenoxy) is 1. The summed E-state index contributed by atoms with van der Waals surface area (Å²) in [6.07, 6.45) is 0. The van der Waals surface area contributed by atoms with Crippen molar-refractivity contribution in [3.8, 4) is 5.75 Å². The van der Waals surface area contributed by atoms with Gasteiger partial charge in [0.1, 0.15) is 17.9 Å². The lowest BCUT2D eigenvalue weighted by atomic mass is 10.1. The summed E-state index contributed by atoms with van der Waals surface area (Å²) in [4.78, 5) is 21.1. The van der Waals surface area contributed by atoms with Gasteiger partial charge in [-0.1, -0.05) is 29.8 Å². The fourth-order valence-electron chi connectivity index (χ4n) is 1.79. The van der Waals surface area contributed by atoms with E-state index in [1.165, 1.54) is 6.07 Å². The van der Waals surface area contributed by atoms with Crippen molar-refractivity contribution in [3.63, 3.8) is 0 Å². The van der Waals surface area contributed by atoms with Crippen LogP contribution in [0.25, 0.3) is 0 Å². The maximum atomic E-state index is 11.0. The highest BCUT2D eigenvalue weighted by Gasteiger charge is 2.20. The van der Waals surface area contributed by atoms with Crippen molar-refractivity contribution in [3.05, 3.63) is 69.3 Å². The number of rotatable bonds is 5. The number of benzene rings is 2. The van der Waals surface area contributed by atoms with E-state index in [0.29, 0.717) is 0 Å². The van der Waals surface area contributed by atoms with E-state index in [-0.39, 0.29) is 17.9 Å². The third kappa shape index (κ3) is 3.56. The lowest BCUT2D eigenvalue weighted by Crippen LogP contribution is -2.04. The average Bonchev–Trinajstić information content (AvgIpc) is 2.46. The molecule has 0 saturated carbocycles. The molecule has 6 nitrogen and oxygen atoms in total. The van der Waals surface area contributed by atoms with Gasteiger partial charge in [0.25, 0.3) is 5.69 Å². The molecular weight excluding hydrogens is 274 g/mol. The second-order valence-electron chi connectivity index (χ2n) is 4.52. The van der Waals surface area contributed by atoms with Gasteiger partial charge in [-0.05, 0) is 18.6 Å². The van der Waals surface area contributed by atoms with Crippen molar-refractivity contribution in [2.75, 3.05) is 0 Å². The Balaban J connectivity index is 2.17. The zero-order chi connectivity index (χ0) is 15.4. The largest absolute Gasteiger partial charge is 0.489 e. The number of nitro benzene ring substituents is 1. The van der Waals surface area contributed by atoms with Crippen LogP contribution in [0.15, 0.2) is 42.5 Å². The monoisotopic (exact) mass is 287 g/mol. The summed E-state index contributed by atoms with van der Waals surface area (Å²) >= 11 is 0. The number of carboxylic acids is 1. The molecule has 0 unspecified atom stereocenters. The molecule has 0 atom stereocenters. The summed E-state index contributed by atoms with van der Waals surface area (Å²) in [5.74, 6) is -1.08. The molecule has 2 aromatic carbocycles. The number of aromatic carboxylic acids is 1. The summed E-state index contributed by atoms with van der Waals surface area (Å²) in [7, 11) is 0. The van der Waals surface area contributed by atoms with Gasteiger partial charge in [0, 0.05) is 12.1 Å². The lowest BCUT2D eigenvalue weighted by molar-refractivity contribution is -0.385. The van der Waals surface area contributed by atoms with Crippen LogP contribution in [0.5, 0.6) is 5.75 Å². The predicted molar refractivity (Wildman–Crippen MR) is 75.6 cm³/mol. The van der Waals surface area contributed by atoms with Crippen molar-refractivity contribution in [1.82, 2.24) is 0 Å². The summed E-state index contributed by atoms with van der Waals surface area (Å²) < 4.78 is 5.47. The van der Waals surface area contributed by atoms with Crippen LogP contribution in [0, 0.1) is 17.0 Å². The van der Waals surface area contributed by atoms with E-state index in [4.69, 9.17) is 9.84 Å². The van der Waals surface area contributed by atoms with Gasteiger partial charge >= 0.3 is 5.97 Å². The second-order valence-corrected chi connectivity index (χ2v) is 4.52. The van der Waals surface area contributed by atoms with Crippen molar-refractivity contribution >= 4 is 11.7 Å². The van der Waals surface area contributed by atoms with Crippen LogP contribution in [0.4, 0.5) is 5.69 Å². The molecule has 0 aliphatic heterocycles. The molecule has 0 aromatic heterocycles. The molecule has 0 bridgehead atoms. The highest BCUT2D eigenvalue weighted by molar-refractivity contribution is 5.92. The van der Waals surface area contributed by atoms with E-state index < -0.39 is 16.6 Å².